The Hall–Kier alpha value is -4.01. The molecule has 9 nitrogen and oxygen atoms in total. The normalized spacial score (nSPS) is 13.3. The average Bonchev–Trinajstić information content (AvgIpc) is 3.17. The van der Waals surface area contributed by atoms with Crippen LogP contribution in [-0.2, 0) is 22.7 Å². The van der Waals surface area contributed by atoms with Gasteiger partial charge in [0.05, 0.1) is 5.56 Å². The van der Waals surface area contributed by atoms with Crippen molar-refractivity contribution in [2.45, 2.75) is 26.0 Å². The maximum absolute atomic E-state index is 12.4. The number of nitrogens with zero attached hydrogens (tertiary/aromatic N) is 4. The highest BCUT2D eigenvalue weighted by atomic mass is 16.5. The molecule has 3 aromatic rings. The third kappa shape index (κ3) is 5.33. The summed E-state index contributed by atoms with van der Waals surface area (Å²) in [6.07, 6.45) is 1.50. The molecule has 1 fully saturated rings. The Morgan fingerprint density at radius 3 is 2.55 bits per heavy atom. The Morgan fingerprint density at radius 2 is 1.84 bits per heavy atom. The molecule has 2 aromatic carbocycles. The Morgan fingerprint density at radius 1 is 1.06 bits per heavy atom. The highest BCUT2D eigenvalue weighted by Gasteiger charge is 2.20. The van der Waals surface area contributed by atoms with E-state index >= 15 is 0 Å². The number of likely N-dealkylation sites (tertiary alicyclic amines) is 1. The van der Waals surface area contributed by atoms with Crippen LogP contribution >= 0.6 is 0 Å². The number of anilines is 3. The summed E-state index contributed by atoms with van der Waals surface area (Å²) >= 11 is 0. The number of aromatic nitrogens is 3. The second-order valence-electron chi connectivity index (χ2n) is 7.12. The Labute approximate surface area is 179 Å². The first-order valence-corrected chi connectivity index (χ1v) is 9.93. The molecule has 158 valence electrons. The van der Waals surface area contributed by atoms with Crippen LogP contribution in [0.4, 0.5) is 17.6 Å². The van der Waals surface area contributed by atoms with Gasteiger partial charge in [-0.1, -0.05) is 30.3 Å². The predicted molar refractivity (Wildman–Crippen MR) is 114 cm³/mol. The topological polar surface area (TPSA) is 123 Å². The molecule has 0 unspecified atom stereocenters. The fraction of sp³-hybridized carbons (Fsp3) is 0.227. The standard InChI is InChI=1S/C22H22N6O3/c23-21-25-18(26-22(27-21)24-17-5-2-1-3-6-17)14-31-20(30)16-10-8-15(9-11-16)13-28-12-4-7-19(28)29/h1-3,5-6,8-11H,4,7,12-14H2,(H3,23,24,25,26,27). The monoisotopic (exact) mass is 418 g/mol. The number of carbonyl (C=O) groups excluding carboxylic acids is 2. The summed E-state index contributed by atoms with van der Waals surface area (Å²) in [4.78, 5) is 38.3. The van der Waals surface area contributed by atoms with Crippen LogP contribution in [0, 0.1) is 0 Å². The zero-order valence-electron chi connectivity index (χ0n) is 16.8. The largest absolute Gasteiger partial charge is 0.454 e. The molecule has 1 aliphatic heterocycles. The number of amides is 1. The number of ether oxygens (including phenoxy) is 1. The minimum Gasteiger partial charge on any atom is -0.454 e. The van der Waals surface area contributed by atoms with Crippen molar-refractivity contribution in [1.29, 1.82) is 0 Å². The van der Waals surface area contributed by atoms with E-state index in [1.54, 1.807) is 12.1 Å². The zero-order valence-corrected chi connectivity index (χ0v) is 16.8. The number of hydrogen-bond donors (Lipinski definition) is 2. The molecule has 0 spiro atoms. The molecule has 4 rings (SSSR count). The molecule has 0 radical (unpaired) electrons. The van der Waals surface area contributed by atoms with Crippen LogP contribution in [0.3, 0.4) is 0 Å². The van der Waals surface area contributed by atoms with Crippen LogP contribution in [-0.4, -0.2) is 38.3 Å². The molecule has 0 aliphatic carbocycles. The van der Waals surface area contributed by atoms with E-state index < -0.39 is 5.97 Å². The van der Waals surface area contributed by atoms with E-state index in [0.29, 0.717) is 18.5 Å². The van der Waals surface area contributed by atoms with Crippen LogP contribution in [0.2, 0.25) is 0 Å². The number of esters is 1. The van der Waals surface area contributed by atoms with Crippen molar-refractivity contribution in [1.82, 2.24) is 19.9 Å². The Balaban J connectivity index is 1.35. The number of hydrogen-bond acceptors (Lipinski definition) is 8. The summed E-state index contributed by atoms with van der Waals surface area (Å²) in [7, 11) is 0. The van der Waals surface area contributed by atoms with Gasteiger partial charge in [-0.15, -0.1) is 0 Å². The number of rotatable bonds is 7. The first-order valence-electron chi connectivity index (χ1n) is 9.93. The zero-order chi connectivity index (χ0) is 21.6. The van der Waals surface area contributed by atoms with Gasteiger partial charge in [-0.05, 0) is 36.2 Å². The third-order valence-electron chi connectivity index (χ3n) is 4.80. The molecular formula is C22H22N6O3. The number of benzene rings is 2. The Bertz CT molecular complexity index is 1070. The van der Waals surface area contributed by atoms with Gasteiger partial charge in [0.15, 0.2) is 12.4 Å². The van der Waals surface area contributed by atoms with Crippen molar-refractivity contribution in [3.05, 3.63) is 71.5 Å². The van der Waals surface area contributed by atoms with E-state index in [9.17, 15) is 9.59 Å². The van der Waals surface area contributed by atoms with Gasteiger partial charge in [0.2, 0.25) is 17.8 Å². The number of carbonyl (C=O) groups is 2. The molecule has 0 saturated carbocycles. The van der Waals surface area contributed by atoms with Gasteiger partial charge in [0, 0.05) is 25.2 Å². The summed E-state index contributed by atoms with van der Waals surface area (Å²) in [5.41, 5.74) is 7.92. The van der Waals surface area contributed by atoms with Gasteiger partial charge in [-0.3, -0.25) is 4.79 Å². The lowest BCUT2D eigenvalue weighted by atomic mass is 10.1. The lowest BCUT2D eigenvalue weighted by molar-refractivity contribution is -0.128. The van der Waals surface area contributed by atoms with Gasteiger partial charge in [-0.2, -0.15) is 15.0 Å². The summed E-state index contributed by atoms with van der Waals surface area (Å²) in [5, 5.41) is 3.03. The number of nitrogens with two attached hydrogens (primary N) is 1. The Kier molecular flexibility index (Phi) is 6.02. The summed E-state index contributed by atoms with van der Waals surface area (Å²) in [6, 6.07) is 16.4. The lowest BCUT2D eigenvalue weighted by Crippen LogP contribution is -2.23. The van der Waals surface area contributed by atoms with Crippen molar-refractivity contribution in [2.24, 2.45) is 0 Å². The van der Waals surface area contributed by atoms with E-state index in [4.69, 9.17) is 10.5 Å². The molecule has 1 saturated heterocycles. The summed E-state index contributed by atoms with van der Waals surface area (Å²) in [5.74, 6) is 0.205. The van der Waals surface area contributed by atoms with Gasteiger partial charge >= 0.3 is 5.97 Å². The van der Waals surface area contributed by atoms with Gasteiger partial charge in [0.1, 0.15) is 0 Å². The molecule has 3 N–H and O–H groups in total. The fourth-order valence-corrected chi connectivity index (χ4v) is 3.26. The van der Waals surface area contributed by atoms with E-state index in [2.05, 4.69) is 20.3 Å². The third-order valence-corrected chi connectivity index (χ3v) is 4.80. The van der Waals surface area contributed by atoms with E-state index in [1.807, 2.05) is 47.4 Å². The molecule has 31 heavy (non-hydrogen) atoms. The van der Waals surface area contributed by atoms with Crippen molar-refractivity contribution in [3.8, 4) is 0 Å². The molecular weight excluding hydrogens is 396 g/mol. The smallest absolute Gasteiger partial charge is 0.338 e. The second-order valence-corrected chi connectivity index (χ2v) is 7.12. The van der Waals surface area contributed by atoms with Crippen molar-refractivity contribution < 1.29 is 14.3 Å². The molecule has 0 atom stereocenters. The number of para-hydroxylation sites is 1. The van der Waals surface area contributed by atoms with Crippen LogP contribution in [0.1, 0.15) is 34.6 Å². The maximum Gasteiger partial charge on any atom is 0.338 e. The van der Waals surface area contributed by atoms with E-state index in [-0.39, 0.29) is 30.2 Å². The predicted octanol–water partition coefficient (Wildman–Crippen LogP) is 2.68. The maximum atomic E-state index is 12.4. The number of nitrogen functional groups attached to an aromatic ring is 1. The minimum atomic E-state index is -0.500. The first-order chi connectivity index (χ1) is 15.1. The van der Waals surface area contributed by atoms with Crippen LogP contribution in [0.5, 0.6) is 0 Å². The number of nitrogens with one attached hydrogen (secondary N) is 1. The second kappa shape index (κ2) is 9.21. The quantitative estimate of drug-likeness (QED) is 0.561. The minimum absolute atomic E-state index is 0.0280. The van der Waals surface area contributed by atoms with Crippen LogP contribution in [0.25, 0.3) is 0 Å². The molecule has 1 aliphatic rings. The summed E-state index contributed by atoms with van der Waals surface area (Å²) < 4.78 is 5.33. The van der Waals surface area contributed by atoms with Crippen molar-refractivity contribution in [3.63, 3.8) is 0 Å². The van der Waals surface area contributed by atoms with Gasteiger partial charge in [0.25, 0.3) is 0 Å². The van der Waals surface area contributed by atoms with Crippen molar-refractivity contribution >= 4 is 29.5 Å². The first kappa shape index (κ1) is 20.3. The van der Waals surface area contributed by atoms with Crippen molar-refractivity contribution in [2.75, 3.05) is 17.6 Å². The highest BCUT2D eigenvalue weighted by molar-refractivity contribution is 5.89. The molecule has 1 aromatic heterocycles. The van der Waals surface area contributed by atoms with Gasteiger partial charge in [-0.25, -0.2) is 4.79 Å². The average molecular weight is 418 g/mol. The van der Waals surface area contributed by atoms with Crippen LogP contribution < -0.4 is 11.1 Å². The highest BCUT2D eigenvalue weighted by Crippen LogP contribution is 2.16. The van der Waals surface area contributed by atoms with Crippen LogP contribution in [0.15, 0.2) is 54.6 Å². The molecule has 1 amide bonds. The molecule has 9 heteroatoms. The fourth-order valence-electron chi connectivity index (χ4n) is 3.26. The van der Waals surface area contributed by atoms with E-state index in [0.717, 1.165) is 24.2 Å². The molecule has 2 heterocycles. The SMILES string of the molecule is Nc1nc(COC(=O)c2ccc(CN3CCCC3=O)cc2)nc(Nc2ccccc2)n1. The molecule has 0 bridgehead atoms. The lowest BCUT2D eigenvalue weighted by Gasteiger charge is -2.15. The van der Waals surface area contributed by atoms with Gasteiger partial charge < -0.3 is 20.7 Å². The van der Waals surface area contributed by atoms with E-state index in [1.165, 1.54) is 0 Å². The summed E-state index contributed by atoms with van der Waals surface area (Å²) in [6.45, 7) is 1.19.